The van der Waals surface area contributed by atoms with Crippen LogP contribution in [0.1, 0.15) is 22.4 Å². The molecule has 0 aliphatic heterocycles. The van der Waals surface area contributed by atoms with E-state index >= 15 is 8.78 Å². The molecule has 1 atom stereocenters. The molecule has 0 aliphatic carbocycles. The number of aromatic nitrogens is 5. The van der Waals surface area contributed by atoms with Gasteiger partial charge in [0.05, 0.1) is 6.54 Å². The molecule has 2 N–H and O–H groups in total. The van der Waals surface area contributed by atoms with Crippen molar-refractivity contribution in [2.24, 2.45) is 0 Å². The molecule has 1 unspecified atom stereocenters. The van der Waals surface area contributed by atoms with Crippen molar-refractivity contribution in [2.75, 3.05) is 5.32 Å². The average Bonchev–Trinajstić information content (AvgIpc) is 3.40. The van der Waals surface area contributed by atoms with E-state index in [-0.39, 0.29) is 11.3 Å². The standard InChI is InChI=1S/C25H15F7N6O2/c26-17-6-9-19(20(27)11-17)23(40,13-38-14-34-36-37-38)24(28,29)21-10-5-16(12-33-21)2-1-15-3-7-18(8-4-15)35-22(39)25(30,31)32/h3-12,14,40H,13H2,(H,35,39). The van der Waals surface area contributed by atoms with Gasteiger partial charge in [-0.3, -0.25) is 9.78 Å². The summed E-state index contributed by atoms with van der Waals surface area (Å²) in [4.78, 5) is 14.7. The van der Waals surface area contributed by atoms with Crippen molar-refractivity contribution in [1.82, 2.24) is 25.2 Å². The van der Waals surface area contributed by atoms with Gasteiger partial charge in [0.25, 0.3) is 0 Å². The van der Waals surface area contributed by atoms with E-state index in [1.54, 1.807) is 5.32 Å². The number of rotatable bonds is 6. The second-order valence-corrected chi connectivity index (χ2v) is 8.28. The normalized spacial score (nSPS) is 13.2. The van der Waals surface area contributed by atoms with Gasteiger partial charge in [0.15, 0.2) is 5.60 Å². The molecule has 2 heterocycles. The number of carbonyl (C=O) groups excluding carboxylic acids is 1. The third kappa shape index (κ3) is 5.91. The molecular weight excluding hydrogens is 549 g/mol. The zero-order chi connectivity index (χ0) is 29.1. The minimum atomic E-state index is -5.05. The first-order valence-electron chi connectivity index (χ1n) is 11.0. The van der Waals surface area contributed by atoms with E-state index < -0.39 is 53.0 Å². The van der Waals surface area contributed by atoms with Gasteiger partial charge in [-0.15, -0.1) is 5.10 Å². The Morgan fingerprint density at radius 1 is 0.950 bits per heavy atom. The van der Waals surface area contributed by atoms with Crippen LogP contribution in [0.15, 0.2) is 67.1 Å². The Morgan fingerprint density at radius 2 is 1.62 bits per heavy atom. The van der Waals surface area contributed by atoms with Crippen molar-refractivity contribution in [3.63, 3.8) is 0 Å². The lowest BCUT2D eigenvalue weighted by Crippen LogP contribution is -2.48. The maximum Gasteiger partial charge on any atom is 0.471 e. The molecule has 2 aromatic heterocycles. The third-order valence-corrected chi connectivity index (χ3v) is 5.51. The summed E-state index contributed by atoms with van der Waals surface area (Å²) < 4.78 is 97.4. The lowest BCUT2D eigenvalue weighted by atomic mass is 9.84. The Balaban J connectivity index is 1.58. The molecule has 4 aromatic rings. The molecule has 0 aliphatic rings. The van der Waals surface area contributed by atoms with Gasteiger partial charge in [-0.2, -0.15) is 22.0 Å². The number of aliphatic hydroxyl groups is 1. The van der Waals surface area contributed by atoms with E-state index in [0.717, 1.165) is 29.3 Å². The van der Waals surface area contributed by atoms with Crippen LogP contribution < -0.4 is 5.32 Å². The van der Waals surface area contributed by atoms with Crippen LogP contribution in [0.2, 0.25) is 0 Å². The molecule has 15 heteroatoms. The van der Waals surface area contributed by atoms with Crippen molar-refractivity contribution in [3.8, 4) is 11.8 Å². The first-order valence-corrected chi connectivity index (χ1v) is 11.0. The number of tetrazole rings is 1. The van der Waals surface area contributed by atoms with Gasteiger partial charge < -0.3 is 10.4 Å². The molecule has 1 amide bonds. The Hall–Kier alpha value is -4.84. The van der Waals surface area contributed by atoms with Gasteiger partial charge in [-0.1, -0.05) is 11.8 Å². The Morgan fingerprint density at radius 3 is 2.20 bits per heavy atom. The molecule has 4 rings (SSSR count). The number of alkyl halides is 5. The van der Waals surface area contributed by atoms with Gasteiger partial charge in [0.2, 0.25) is 0 Å². The molecular formula is C25H15F7N6O2. The highest BCUT2D eigenvalue weighted by Gasteiger charge is 2.58. The molecule has 0 saturated carbocycles. The van der Waals surface area contributed by atoms with Crippen LogP contribution in [0.25, 0.3) is 0 Å². The van der Waals surface area contributed by atoms with Crippen molar-refractivity contribution in [3.05, 3.63) is 101 Å². The maximum atomic E-state index is 15.8. The molecule has 0 radical (unpaired) electrons. The summed E-state index contributed by atoms with van der Waals surface area (Å²) in [7, 11) is 0. The number of nitrogens with zero attached hydrogens (tertiary/aromatic N) is 5. The van der Waals surface area contributed by atoms with Crippen molar-refractivity contribution >= 4 is 11.6 Å². The number of halogens is 7. The van der Waals surface area contributed by atoms with Gasteiger partial charge in [-0.25, -0.2) is 13.5 Å². The van der Waals surface area contributed by atoms with Gasteiger partial charge in [0.1, 0.15) is 23.7 Å². The van der Waals surface area contributed by atoms with E-state index in [1.807, 2.05) is 0 Å². The number of anilines is 1. The molecule has 0 bridgehead atoms. The fourth-order valence-electron chi connectivity index (χ4n) is 3.51. The molecule has 40 heavy (non-hydrogen) atoms. The van der Waals surface area contributed by atoms with E-state index in [4.69, 9.17) is 0 Å². The smallest absolute Gasteiger partial charge is 0.377 e. The summed E-state index contributed by atoms with van der Waals surface area (Å²) in [5, 5.41) is 22.9. The van der Waals surface area contributed by atoms with Crippen molar-refractivity contribution < 1.29 is 40.6 Å². The number of benzene rings is 2. The van der Waals surface area contributed by atoms with Crippen molar-refractivity contribution in [2.45, 2.75) is 24.2 Å². The summed E-state index contributed by atoms with van der Waals surface area (Å²) >= 11 is 0. The van der Waals surface area contributed by atoms with Crippen LogP contribution in [0.3, 0.4) is 0 Å². The van der Waals surface area contributed by atoms with E-state index in [0.29, 0.717) is 23.8 Å². The van der Waals surface area contributed by atoms with Crippen LogP contribution >= 0.6 is 0 Å². The number of pyridine rings is 1. The highest BCUT2D eigenvalue weighted by molar-refractivity contribution is 5.94. The fraction of sp³-hybridized carbons (Fsp3) is 0.160. The van der Waals surface area contributed by atoms with Crippen LogP contribution in [-0.4, -0.2) is 42.4 Å². The number of hydrogen-bond acceptors (Lipinski definition) is 6. The number of carbonyl (C=O) groups is 1. The Labute approximate surface area is 220 Å². The number of hydrogen-bond donors (Lipinski definition) is 2. The summed E-state index contributed by atoms with van der Waals surface area (Å²) in [5.41, 5.74) is -4.85. The molecule has 2 aromatic carbocycles. The molecule has 206 valence electrons. The maximum absolute atomic E-state index is 15.8. The summed E-state index contributed by atoms with van der Waals surface area (Å²) in [6, 6.07) is 8.77. The predicted octanol–water partition coefficient (Wildman–Crippen LogP) is 3.93. The van der Waals surface area contributed by atoms with Crippen LogP contribution in [-0.2, 0) is 22.9 Å². The first-order chi connectivity index (χ1) is 18.8. The summed E-state index contributed by atoms with van der Waals surface area (Å²) in [6.07, 6.45) is -3.16. The molecule has 8 nitrogen and oxygen atoms in total. The minimum Gasteiger partial charge on any atom is -0.377 e. The SMILES string of the molecule is O=C(Nc1ccc(C#Cc2ccc(C(F)(F)C(O)(Cn3cnnn3)c3ccc(F)cc3F)nc2)cc1)C(F)(F)F. The Bertz CT molecular complexity index is 1560. The monoisotopic (exact) mass is 564 g/mol. The van der Waals surface area contributed by atoms with E-state index in [2.05, 4.69) is 32.4 Å². The minimum absolute atomic E-state index is 0.118. The molecule has 0 fully saturated rings. The van der Waals surface area contributed by atoms with Crippen LogP contribution in [0, 0.1) is 23.5 Å². The second kappa shape index (κ2) is 10.7. The fourth-order valence-corrected chi connectivity index (χ4v) is 3.51. The predicted molar refractivity (Wildman–Crippen MR) is 123 cm³/mol. The summed E-state index contributed by atoms with van der Waals surface area (Å²) in [5.74, 6) is -3.58. The third-order valence-electron chi connectivity index (χ3n) is 5.51. The lowest BCUT2D eigenvalue weighted by molar-refractivity contribution is -0.207. The van der Waals surface area contributed by atoms with Crippen LogP contribution in [0.4, 0.5) is 36.4 Å². The molecule has 0 spiro atoms. The average molecular weight is 564 g/mol. The van der Waals surface area contributed by atoms with E-state index in [1.165, 1.54) is 24.3 Å². The second-order valence-electron chi connectivity index (χ2n) is 8.28. The van der Waals surface area contributed by atoms with Gasteiger partial charge in [0, 0.05) is 34.6 Å². The van der Waals surface area contributed by atoms with Gasteiger partial charge in [-0.05, 0) is 59.0 Å². The highest BCUT2D eigenvalue weighted by atomic mass is 19.4. The molecule has 0 saturated heterocycles. The highest BCUT2D eigenvalue weighted by Crippen LogP contribution is 2.46. The Kier molecular flexibility index (Phi) is 7.56. The van der Waals surface area contributed by atoms with Crippen LogP contribution in [0.5, 0.6) is 0 Å². The number of amides is 1. The summed E-state index contributed by atoms with van der Waals surface area (Å²) in [6.45, 7) is -1.02. The van der Waals surface area contributed by atoms with Gasteiger partial charge >= 0.3 is 18.0 Å². The topological polar surface area (TPSA) is 106 Å². The van der Waals surface area contributed by atoms with Crippen molar-refractivity contribution in [1.29, 1.82) is 0 Å². The first kappa shape index (κ1) is 28.2. The zero-order valence-electron chi connectivity index (χ0n) is 19.8. The quantitative estimate of drug-likeness (QED) is 0.272. The number of nitrogens with one attached hydrogen (secondary N) is 1. The van der Waals surface area contributed by atoms with E-state index in [9.17, 15) is 31.9 Å². The largest absolute Gasteiger partial charge is 0.471 e. The zero-order valence-corrected chi connectivity index (χ0v) is 19.8. The lowest BCUT2D eigenvalue weighted by Gasteiger charge is -2.35.